The zero-order valence-electron chi connectivity index (χ0n) is 13.5. The molecule has 2 aromatic rings. The van der Waals surface area contributed by atoms with E-state index in [1.54, 1.807) is 0 Å². The minimum absolute atomic E-state index is 0.868. The number of nitrogens with zero attached hydrogens (tertiary/aromatic N) is 4. The highest BCUT2D eigenvalue weighted by Crippen LogP contribution is 2.21. The van der Waals surface area contributed by atoms with Gasteiger partial charge in [-0.15, -0.1) is 0 Å². The van der Waals surface area contributed by atoms with Crippen LogP contribution < -0.4 is 0 Å². The Morgan fingerprint density at radius 2 is 1.95 bits per heavy atom. The Kier molecular flexibility index (Phi) is 5.22. The van der Waals surface area contributed by atoms with Crippen LogP contribution in [0.1, 0.15) is 30.8 Å². The maximum absolute atomic E-state index is 4.41. The number of aryl methyl sites for hydroxylation is 2. The van der Waals surface area contributed by atoms with Gasteiger partial charge in [0.05, 0.1) is 0 Å². The lowest BCUT2D eigenvalue weighted by atomic mass is 9.93. The second-order valence-corrected chi connectivity index (χ2v) is 6.31. The fourth-order valence-corrected chi connectivity index (χ4v) is 3.28. The molecule has 1 fully saturated rings. The van der Waals surface area contributed by atoms with Crippen molar-refractivity contribution in [3.8, 4) is 0 Å². The quantitative estimate of drug-likeness (QED) is 0.822. The molecule has 1 aliphatic heterocycles. The summed E-state index contributed by atoms with van der Waals surface area (Å²) in [5, 5.41) is 0. The SMILES string of the molecule is Cc1nccn1CCC1CCN(CCc2ccccn2)CC1. The topological polar surface area (TPSA) is 34.0 Å². The molecule has 4 nitrogen and oxygen atoms in total. The first kappa shape index (κ1) is 15.2. The van der Waals surface area contributed by atoms with Crippen molar-refractivity contribution in [3.05, 3.63) is 48.3 Å². The number of aromatic nitrogens is 3. The number of piperidine rings is 1. The molecule has 22 heavy (non-hydrogen) atoms. The molecule has 0 saturated carbocycles. The summed E-state index contributed by atoms with van der Waals surface area (Å²) < 4.78 is 2.27. The highest BCUT2D eigenvalue weighted by atomic mass is 15.1. The van der Waals surface area contributed by atoms with Gasteiger partial charge in [0.1, 0.15) is 5.82 Å². The largest absolute Gasteiger partial charge is 0.335 e. The molecule has 3 rings (SSSR count). The van der Waals surface area contributed by atoms with E-state index in [4.69, 9.17) is 0 Å². The monoisotopic (exact) mass is 298 g/mol. The van der Waals surface area contributed by atoms with E-state index in [9.17, 15) is 0 Å². The molecule has 1 aliphatic rings. The molecule has 1 saturated heterocycles. The number of hydrogen-bond donors (Lipinski definition) is 0. The van der Waals surface area contributed by atoms with Gasteiger partial charge in [-0.2, -0.15) is 0 Å². The summed E-state index contributed by atoms with van der Waals surface area (Å²) >= 11 is 0. The molecular formula is C18H26N4. The summed E-state index contributed by atoms with van der Waals surface area (Å²) in [6.07, 6.45) is 10.9. The van der Waals surface area contributed by atoms with Crippen molar-refractivity contribution in [3.63, 3.8) is 0 Å². The van der Waals surface area contributed by atoms with Crippen LogP contribution in [-0.4, -0.2) is 39.1 Å². The van der Waals surface area contributed by atoms with Crippen LogP contribution in [0.25, 0.3) is 0 Å². The maximum atomic E-state index is 4.41. The molecule has 0 aliphatic carbocycles. The van der Waals surface area contributed by atoms with Gasteiger partial charge in [-0.3, -0.25) is 4.98 Å². The molecule has 0 N–H and O–H groups in total. The highest BCUT2D eigenvalue weighted by Gasteiger charge is 2.19. The Morgan fingerprint density at radius 1 is 1.09 bits per heavy atom. The average molecular weight is 298 g/mol. The van der Waals surface area contributed by atoms with Crippen molar-refractivity contribution in [1.29, 1.82) is 0 Å². The summed E-state index contributed by atoms with van der Waals surface area (Å²) in [6, 6.07) is 6.18. The first-order valence-electron chi connectivity index (χ1n) is 8.41. The lowest BCUT2D eigenvalue weighted by Crippen LogP contribution is -2.35. The molecule has 0 bridgehead atoms. The van der Waals surface area contributed by atoms with Gasteiger partial charge in [0, 0.05) is 43.8 Å². The van der Waals surface area contributed by atoms with E-state index in [0.717, 1.165) is 31.3 Å². The molecule has 118 valence electrons. The maximum Gasteiger partial charge on any atom is 0.105 e. The Morgan fingerprint density at radius 3 is 2.64 bits per heavy atom. The summed E-state index contributed by atoms with van der Waals surface area (Å²) in [5.74, 6) is 2.00. The minimum atomic E-state index is 0.868. The Balaban J connectivity index is 1.36. The number of hydrogen-bond acceptors (Lipinski definition) is 3. The Bertz CT molecular complexity index is 555. The lowest BCUT2D eigenvalue weighted by Gasteiger charge is -2.32. The van der Waals surface area contributed by atoms with Gasteiger partial charge in [-0.05, 0) is 57.3 Å². The summed E-state index contributed by atoms with van der Waals surface area (Å²) in [6.45, 7) is 6.82. The van der Waals surface area contributed by atoms with E-state index in [0.29, 0.717) is 0 Å². The normalized spacial score (nSPS) is 17.0. The van der Waals surface area contributed by atoms with Crippen LogP contribution in [0.2, 0.25) is 0 Å². The summed E-state index contributed by atoms with van der Waals surface area (Å²) in [7, 11) is 0. The second-order valence-electron chi connectivity index (χ2n) is 6.31. The van der Waals surface area contributed by atoms with Gasteiger partial charge < -0.3 is 9.47 Å². The standard InChI is InChI=1S/C18H26N4/c1-16-19-10-15-22(16)14-7-17-5-11-21(12-6-17)13-8-18-4-2-3-9-20-18/h2-4,9-10,15,17H,5-8,11-14H2,1H3. The van der Waals surface area contributed by atoms with Gasteiger partial charge in [-0.25, -0.2) is 4.98 Å². The Hall–Kier alpha value is -1.68. The van der Waals surface area contributed by atoms with Crippen LogP contribution in [0.5, 0.6) is 0 Å². The fourth-order valence-electron chi connectivity index (χ4n) is 3.28. The van der Waals surface area contributed by atoms with Crippen molar-refractivity contribution in [2.75, 3.05) is 19.6 Å². The van der Waals surface area contributed by atoms with Crippen LogP contribution in [-0.2, 0) is 13.0 Å². The number of likely N-dealkylation sites (tertiary alicyclic amines) is 1. The van der Waals surface area contributed by atoms with E-state index >= 15 is 0 Å². The number of imidazole rings is 1. The van der Waals surface area contributed by atoms with E-state index in [2.05, 4.69) is 44.7 Å². The van der Waals surface area contributed by atoms with Crippen molar-refractivity contribution in [1.82, 2.24) is 19.4 Å². The van der Waals surface area contributed by atoms with Gasteiger partial charge in [0.2, 0.25) is 0 Å². The van der Waals surface area contributed by atoms with Gasteiger partial charge in [-0.1, -0.05) is 6.07 Å². The fraction of sp³-hybridized carbons (Fsp3) is 0.556. The lowest BCUT2D eigenvalue weighted by molar-refractivity contribution is 0.177. The summed E-state index contributed by atoms with van der Waals surface area (Å²) in [5.41, 5.74) is 1.21. The second kappa shape index (κ2) is 7.54. The number of pyridine rings is 1. The molecule has 2 aromatic heterocycles. The van der Waals surface area contributed by atoms with E-state index < -0.39 is 0 Å². The molecule has 0 amide bonds. The van der Waals surface area contributed by atoms with Crippen LogP contribution >= 0.6 is 0 Å². The van der Waals surface area contributed by atoms with Crippen LogP contribution in [0.15, 0.2) is 36.8 Å². The first-order valence-corrected chi connectivity index (χ1v) is 8.41. The molecular weight excluding hydrogens is 272 g/mol. The van der Waals surface area contributed by atoms with Gasteiger partial charge in [0.15, 0.2) is 0 Å². The van der Waals surface area contributed by atoms with Gasteiger partial charge in [0.25, 0.3) is 0 Å². The number of rotatable bonds is 6. The molecule has 0 atom stereocenters. The molecule has 0 radical (unpaired) electrons. The molecule has 0 aromatic carbocycles. The van der Waals surface area contributed by atoms with Crippen molar-refractivity contribution in [2.45, 2.75) is 39.2 Å². The predicted octanol–water partition coefficient (Wildman–Crippen LogP) is 2.93. The highest BCUT2D eigenvalue weighted by molar-refractivity contribution is 5.03. The minimum Gasteiger partial charge on any atom is -0.335 e. The zero-order valence-corrected chi connectivity index (χ0v) is 13.5. The predicted molar refractivity (Wildman–Crippen MR) is 88.7 cm³/mol. The third kappa shape index (κ3) is 4.17. The first-order chi connectivity index (χ1) is 10.8. The molecule has 3 heterocycles. The molecule has 0 spiro atoms. The van der Waals surface area contributed by atoms with Crippen molar-refractivity contribution in [2.24, 2.45) is 5.92 Å². The third-order valence-electron chi connectivity index (χ3n) is 4.82. The van der Waals surface area contributed by atoms with E-state index in [-0.39, 0.29) is 0 Å². The van der Waals surface area contributed by atoms with Crippen molar-refractivity contribution >= 4 is 0 Å². The average Bonchev–Trinajstić information content (AvgIpc) is 2.98. The van der Waals surface area contributed by atoms with E-state index in [1.807, 2.05) is 18.5 Å². The van der Waals surface area contributed by atoms with Gasteiger partial charge >= 0.3 is 0 Å². The van der Waals surface area contributed by atoms with Crippen LogP contribution in [0, 0.1) is 12.8 Å². The van der Waals surface area contributed by atoms with Crippen molar-refractivity contribution < 1.29 is 0 Å². The summed E-state index contributed by atoms with van der Waals surface area (Å²) in [4.78, 5) is 11.3. The van der Waals surface area contributed by atoms with Crippen LogP contribution in [0.4, 0.5) is 0 Å². The third-order valence-corrected chi connectivity index (χ3v) is 4.82. The van der Waals surface area contributed by atoms with Crippen LogP contribution in [0.3, 0.4) is 0 Å². The molecule has 4 heteroatoms. The zero-order chi connectivity index (χ0) is 15.2. The Labute approximate surface area is 133 Å². The van der Waals surface area contributed by atoms with E-state index in [1.165, 1.54) is 38.0 Å². The molecule has 0 unspecified atom stereocenters. The smallest absolute Gasteiger partial charge is 0.105 e.